The molecule has 4 aromatic rings. The highest BCUT2D eigenvalue weighted by atomic mass is 32.2. The van der Waals surface area contributed by atoms with Crippen molar-refractivity contribution in [2.24, 2.45) is 14.1 Å². The lowest BCUT2D eigenvalue weighted by Crippen LogP contribution is -2.37. The monoisotopic (exact) mass is 414 g/mol. The van der Waals surface area contributed by atoms with Gasteiger partial charge < -0.3 is 0 Å². The molecule has 0 amide bonds. The number of thioether (sulfide) groups is 1. The van der Waals surface area contributed by atoms with Crippen molar-refractivity contribution in [2.45, 2.75) is 10.8 Å². The molecule has 0 radical (unpaired) electrons. The van der Waals surface area contributed by atoms with Gasteiger partial charge in [-0.2, -0.15) is 0 Å². The van der Waals surface area contributed by atoms with Gasteiger partial charge in [-0.15, -0.1) is 23.1 Å². The molecule has 0 unspecified atom stereocenters. The van der Waals surface area contributed by atoms with Gasteiger partial charge >= 0.3 is 5.69 Å². The highest BCUT2D eigenvalue weighted by Crippen LogP contribution is 2.30. The second kappa shape index (κ2) is 7.33. The summed E-state index contributed by atoms with van der Waals surface area (Å²) in [6.45, 7) is 0. The van der Waals surface area contributed by atoms with E-state index < -0.39 is 11.2 Å². The predicted molar refractivity (Wildman–Crippen MR) is 109 cm³/mol. The van der Waals surface area contributed by atoms with Gasteiger partial charge in [-0.25, -0.2) is 19.2 Å². The number of hydrogen-bond donors (Lipinski definition) is 0. The molecule has 4 rings (SSSR count). The van der Waals surface area contributed by atoms with E-state index in [1.165, 1.54) is 40.8 Å². The summed E-state index contributed by atoms with van der Waals surface area (Å²) in [5.41, 5.74) is -0.147. The maximum absolute atomic E-state index is 14.0. The molecule has 0 aliphatic carbocycles. The third-order valence-electron chi connectivity index (χ3n) is 4.33. The topological polar surface area (TPSA) is 69.8 Å². The Morgan fingerprint density at radius 2 is 1.86 bits per heavy atom. The van der Waals surface area contributed by atoms with Gasteiger partial charge in [0.25, 0.3) is 5.56 Å². The molecule has 28 heavy (non-hydrogen) atoms. The lowest BCUT2D eigenvalue weighted by Gasteiger charge is -2.11. The molecule has 0 saturated carbocycles. The Bertz CT molecular complexity index is 1300. The quantitative estimate of drug-likeness (QED) is 0.379. The molecule has 142 valence electrons. The fraction of sp³-hybridized carbons (Fsp3) is 0.158. The zero-order valence-electron chi connectivity index (χ0n) is 15.0. The van der Waals surface area contributed by atoms with Crippen molar-refractivity contribution in [1.82, 2.24) is 19.1 Å². The second-order valence-corrected chi connectivity index (χ2v) is 8.03. The fourth-order valence-electron chi connectivity index (χ4n) is 2.81. The standard InChI is InChI=1S/C19H15FN4O2S2/c1-23-16-14(18(25)24(2)19(23)26)17(22-15(21-16)13-8-5-9-27-13)28-10-11-6-3-4-7-12(11)20/h3-9H,10H2,1-2H3. The summed E-state index contributed by atoms with van der Waals surface area (Å²) < 4.78 is 16.4. The maximum atomic E-state index is 14.0. The Hall–Kier alpha value is -2.78. The molecule has 1 aromatic carbocycles. The Kier molecular flexibility index (Phi) is 4.86. The number of nitrogens with zero attached hydrogens (tertiary/aromatic N) is 4. The molecule has 6 nitrogen and oxygen atoms in total. The number of halogens is 1. The van der Waals surface area contributed by atoms with Crippen molar-refractivity contribution in [3.05, 3.63) is 74.0 Å². The van der Waals surface area contributed by atoms with E-state index in [4.69, 9.17) is 0 Å². The average Bonchev–Trinajstić information content (AvgIpc) is 3.24. The summed E-state index contributed by atoms with van der Waals surface area (Å²) in [5.74, 6) is 0.420. The normalized spacial score (nSPS) is 11.2. The number of hydrogen-bond acceptors (Lipinski definition) is 6. The summed E-state index contributed by atoms with van der Waals surface area (Å²) >= 11 is 2.71. The van der Waals surface area contributed by atoms with Gasteiger partial charge in [0.1, 0.15) is 16.2 Å². The number of benzene rings is 1. The minimum absolute atomic E-state index is 0.256. The Balaban J connectivity index is 1.93. The molecular formula is C19H15FN4O2S2. The zero-order chi connectivity index (χ0) is 19.8. The third kappa shape index (κ3) is 3.16. The van der Waals surface area contributed by atoms with Gasteiger partial charge in [0.15, 0.2) is 11.5 Å². The molecule has 0 fully saturated rings. The van der Waals surface area contributed by atoms with Crippen LogP contribution in [0.25, 0.3) is 21.7 Å². The number of aromatic nitrogens is 4. The minimum atomic E-state index is -0.466. The van der Waals surface area contributed by atoms with Crippen molar-refractivity contribution in [3.8, 4) is 10.7 Å². The van der Waals surface area contributed by atoms with Crippen molar-refractivity contribution in [2.75, 3.05) is 0 Å². The maximum Gasteiger partial charge on any atom is 0.332 e. The van der Waals surface area contributed by atoms with Crippen molar-refractivity contribution in [3.63, 3.8) is 0 Å². The first-order valence-electron chi connectivity index (χ1n) is 8.35. The van der Waals surface area contributed by atoms with Gasteiger partial charge in [0.05, 0.1) is 4.88 Å². The first-order chi connectivity index (χ1) is 13.5. The molecule has 3 heterocycles. The molecule has 9 heteroatoms. The van der Waals surface area contributed by atoms with E-state index in [0.717, 1.165) is 9.44 Å². The van der Waals surface area contributed by atoms with Gasteiger partial charge in [0, 0.05) is 19.8 Å². The van der Waals surface area contributed by atoms with Crippen molar-refractivity contribution < 1.29 is 4.39 Å². The smallest absolute Gasteiger partial charge is 0.280 e. The molecular weight excluding hydrogens is 399 g/mol. The van der Waals surface area contributed by atoms with Gasteiger partial charge in [0.2, 0.25) is 0 Å². The second-order valence-electron chi connectivity index (χ2n) is 6.11. The van der Waals surface area contributed by atoms with Crippen LogP contribution in [0.4, 0.5) is 4.39 Å². The molecule has 0 aliphatic rings. The van der Waals surface area contributed by atoms with E-state index >= 15 is 0 Å². The molecule has 0 N–H and O–H groups in total. The van der Waals surface area contributed by atoms with Crippen LogP contribution in [0.5, 0.6) is 0 Å². The van der Waals surface area contributed by atoms with Crippen LogP contribution in [0.15, 0.2) is 56.4 Å². The summed E-state index contributed by atoms with van der Waals surface area (Å²) in [6, 6.07) is 10.2. The van der Waals surface area contributed by atoms with E-state index in [1.807, 2.05) is 17.5 Å². The first-order valence-corrected chi connectivity index (χ1v) is 10.2. The lowest BCUT2D eigenvalue weighted by atomic mass is 10.2. The Morgan fingerprint density at radius 3 is 2.57 bits per heavy atom. The number of fused-ring (bicyclic) bond motifs is 1. The third-order valence-corrected chi connectivity index (χ3v) is 6.22. The predicted octanol–water partition coefficient (Wildman–Crippen LogP) is 3.19. The number of rotatable bonds is 4. The summed E-state index contributed by atoms with van der Waals surface area (Å²) in [7, 11) is 2.99. The van der Waals surface area contributed by atoms with Crippen LogP contribution in [-0.2, 0) is 19.8 Å². The highest BCUT2D eigenvalue weighted by Gasteiger charge is 2.19. The molecule has 0 aliphatic heterocycles. The molecule has 3 aromatic heterocycles. The Labute approximate surface area is 167 Å². The first kappa shape index (κ1) is 18.6. The van der Waals surface area contributed by atoms with E-state index in [-0.39, 0.29) is 16.9 Å². The molecule has 0 atom stereocenters. The van der Waals surface area contributed by atoms with E-state index in [2.05, 4.69) is 9.97 Å². The summed E-state index contributed by atoms with van der Waals surface area (Å²) in [6.07, 6.45) is 0. The number of aryl methyl sites for hydroxylation is 1. The van der Waals surface area contributed by atoms with Crippen LogP contribution in [0.3, 0.4) is 0 Å². The van der Waals surface area contributed by atoms with Crippen LogP contribution in [0.2, 0.25) is 0 Å². The van der Waals surface area contributed by atoms with Crippen LogP contribution in [0, 0.1) is 5.82 Å². The Morgan fingerprint density at radius 1 is 1.07 bits per heavy atom. The van der Waals surface area contributed by atoms with Crippen molar-refractivity contribution in [1.29, 1.82) is 0 Å². The van der Waals surface area contributed by atoms with Crippen LogP contribution in [-0.4, -0.2) is 19.1 Å². The average molecular weight is 414 g/mol. The van der Waals surface area contributed by atoms with Gasteiger partial charge in [-0.1, -0.05) is 24.3 Å². The molecule has 0 bridgehead atoms. The summed E-state index contributed by atoms with van der Waals surface area (Å²) in [5, 5.41) is 2.58. The van der Waals surface area contributed by atoms with Gasteiger partial charge in [-0.05, 0) is 23.1 Å². The minimum Gasteiger partial charge on any atom is -0.280 e. The van der Waals surface area contributed by atoms with E-state index in [9.17, 15) is 14.0 Å². The number of thiophene rings is 1. The largest absolute Gasteiger partial charge is 0.332 e. The van der Waals surface area contributed by atoms with Gasteiger partial charge in [-0.3, -0.25) is 13.9 Å². The van der Waals surface area contributed by atoms with Crippen LogP contribution >= 0.6 is 23.1 Å². The van der Waals surface area contributed by atoms with Crippen LogP contribution < -0.4 is 11.2 Å². The SMILES string of the molecule is Cn1c(=O)c2c(SCc3ccccc3F)nc(-c3cccs3)nc2n(C)c1=O. The molecule has 0 saturated heterocycles. The highest BCUT2D eigenvalue weighted by molar-refractivity contribution is 7.98. The lowest BCUT2D eigenvalue weighted by molar-refractivity contribution is 0.617. The van der Waals surface area contributed by atoms with E-state index in [0.29, 0.717) is 22.2 Å². The van der Waals surface area contributed by atoms with Crippen LogP contribution in [0.1, 0.15) is 5.56 Å². The molecule has 0 spiro atoms. The van der Waals surface area contributed by atoms with E-state index in [1.54, 1.807) is 25.2 Å². The fourth-order valence-corrected chi connectivity index (χ4v) is 4.47. The summed E-state index contributed by atoms with van der Waals surface area (Å²) in [4.78, 5) is 35.0. The zero-order valence-corrected chi connectivity index (χ0v) is 16.7. The van der Waals surface area contributed by atoms with Crippen molar-refractivity contribution >= 4 is 34.1 Å².